The zero-order valence-electron chi connectivity index (χ0n) is 15.8. The number of aryl methyl sites for hydroxylation is 2. The third-order valence-corrected chi connectivity index (χ3v) is 4.47. The SMILES string of the molecule is Cc1ccc(Oc2ncnc(Nc3ccc4c(c3)OCCO4)c2[N+](=O)[O-])cc1C. The fraction of sp³-hybridized carbons (Fsp3) is 0.200. The first kappa shape index (κ1) is 18.5. The molecule has 0 radical (unpaired) electrons. The van der Waals surface area contributed by atoms with E-state index in [0.717, 1.165) is 11.1 Å². The van der Waals surface area contributed by atoms with Crippen LogP contribution < -0.4 is 19.5 Å². The molecule has 0 saturated heterocycles. The van der Waals surface area contributed by atoms with Crippen LogP contribution in [0.25, 0.3) is 0 Å². The molecule has 9 heteroatoms. The Morgan fingerprint density at radius 2 is 1.83 bits per heavy atom. The molecule has 0 unspecified atom stereocenters. The van der Waals surface area contributed by atoms with Crippen LogP contribution in [0, 0.1) is 24.0 Å². The normalized spacial score (nSPS) is 12.3. The molecule has 4 rings (SSSR count). The Hall–Kier alpha value is -3.88. The van der Waals surface area contributed by atoms with Crippen molar-refractivity contribution in [2.24, 2.45) is 0 Å². The van der Waals surface area contributed by atoms with Crippen LogP contribution in [0.2, 0.25) is 0 Å². The van der Waals surface area contributed by atoms with Crippen LogP contribution in [0.1, 0.15) is 11.1 Å². The van der Waals surface area contributed by atoms with E-state index in [0.29, 0.717) is 36.1 Å². The number of hydrogen-bond donors (Lipinski definition) is 1. The van der Waals surface area contributed by atoms with Gasteiger partial charge in [-0.15, -0.1) is 0 Å². The molecule has 0 atom stereocenters. The summed E-state index contributed by atoms with van der Waals surface area (Å²) in [5, 5.41) is 14.7. The first-order valence-corrected chi connectivity index (χ1v) is 8.92. The average Bonchev–Trinajstić information content (AvgIpc) is 2.70. The highest BCUT2D eigenvalue weighted by molar-refractivity contribution is 5.70. The van der Waals surface area contributed by atoms with Crippen molar-refractivity contribution in [2.75, 3.05) is 18.5 Å². The molecule has 1 aromatic heterocycles. The zero-order chi connectivity index (χ0) is 20.4. The Morgan fingerprint density at radius 3 is 2.59 bits per heavy atom. The van der Waals surface area contributed by atoms with E-state index < -0.39 is 4.92 Å². The second-order valence-electron chi connectivity index (χ2n) is 6.46. The molecular weight excluding hydrogens is 376 g/mol. The van der Waals surface area contributed by atoms with Gasteiger partial charge in [0.25, 0.3) is 0 Å². The number of aromatic nitrogens is 2. The molecule has 1 aliphatic heterocycles. The standard InChI is InChI=1S/C20H18N4O5/c1-12-3-5-15(9-13(12)2)29-20-18(24(25)26)19(21-11-22-20)23-14-4-6-16-17(10-14)28-8-7-27-16/h3-6,9-11H,7-8H2,1-2H3,(H,21,22,23). The van der Waals surface area contributed by atoms with Gasteiger partial charge in [0.15, 0.2) is 11.5 Å². The van der Waals surface area contributed by atoms with Crippen LogP contribution in [0.4, 0.5) is 17.2 Å². The van der Waals surface area contributed by atoms with E-state index in [1.807, 2.05) is 19.9 Å². The Kier molecular flexibility index (Phi) is 4.86. The second kappa shape index (κ2) is 7.63. The summed E-state index contributed by atoms with van der Waals surface area (Å²) in [6, 6.07) is 10.6. The lowest BCUT2D eigenvalue weighted by molar-refractivity contribution is -0.385. The van der Waals surface area contributed by atoms with Gasteiger partial charge in [-0.1, -0.05) is 6.07 Å². The summed E-state index contributed by atoms with van der Waals surface area (Å²) in [5.41, 5.74) is 2.30. The number of nitro groups is 1. The molecule has 0 bridgehead atoms. The number of anilines is 2. The van der Waals surface area contributed by atoms with Crippen LogP contribution in [-0.2, 0) is 0 Å². The molecule has 0 spiro atoms. The maximum Gasteiger partial charge on any atom is 0.373 e. The number of rotatable bonds is 5. The van der Waals surface area contributed by atoms with Gasteiger partial charge in [-0.05, 0) is 49.2 Å². The lowest BCUT2D eigenvalue weighted by atomic mass is 10.1. The minimum Gasteiger partial charge on any atom is -0.486 e. The Labute approximate surface area is 166 Å². The number of nitrogens with one attached hydrogen (secondary N) is 1. The highest BCUT2D eigenvalue weighted by Gasteiger charge is 2.26. The molecule has 2 heterocycles. The van der Waals surface area contributed by atoms with Crippen molar-refractivity contribution in [3.05, 3.63) is 64.0 Å². The Bertz CT molecular complexity index is 1090. The zero-order valence-corrected chi connectivity index (χ0v) is 15.8. The summed E-state index contributed by atoms with van der Waals surface area (Å²) in [5.74, 6) is 1.51. The molecule has 0 amide bonds. The molecule has 2 aromatic carbocycles. The summed E-state index contributed by atoms with van der Waals surface area (Å²) in [7, 11) is 0. The van der Waals surface area contributed by atoms with Gasteiger partial charge in [0.05, 0.1) is 4.92 Å². The number of benzene rings is 2. The van der Waals surface area contributed by atoms with E-state index in [2.05, 4.69) is 15.3 Å². The van der Waals surface area contributed by atoms with Gasteiger partial charge in [-0.25, -0.2) is 4.98 Å². The third-order valence-electron chi connectivity index (χ3n) is 4.47. The maximum atomic E-state index is 11.7. The fourth-order valence-corrected chi connectivity index (χ4v) is 2.84. The fourth-order valence-electron chi connectivity index (χ4n) is 2.84. The number of fused-ring (bicyclic) bond motifs is 1. The molecule has 1 aliphatic rings. The van der Waals surface area contributed by atoms with Crippen molar-refractivity contribution in [2.45, 2.75) is 13.8 Å². The smallest absolute Gasteiger partial charge is 0.373 e. The second-order valence-corrected chi connectivity index (χ2v) is 6.46. The van der Waals surface area contributed by atoms with E-state index >= 15 is 0 Å². The van der Waals surface area contributed by atoms with Crippen LogP contribution >= 0.6 is 0 Å². The summed E-state index contributed by atoms with van der Waals surface area (Å²) < 4.78 is 16.7. The molecule has 0 saturated carbocycles. The van der Waals surface area contributed by atoms with Crippen molar-refractivity contribution in [1.29, 1.82) is 0 Å². The van der Waals surface area contributed by atoms with Gasteiger partial charge in [0, 0.05) is 11.8 Å². The third kappa shape index (κ3) is 3.88. The van der Waals surface area contributed by atoms with Crippen molar-refractivity contribution in [3.63, 3.8) is 0 Å². The highest BCUT2D eigenvalue weighted by Crippen LogP contribution is 2.38. The first-order chi connectivity index (χ1) is 14.0. The quantitative estimate of drug-likeness (QED) is 0.504. The van der Waals surface area contributed by atoms with Gasteiger partial charge in [0.2, 0.25) is 5.82 Å². The summed E-state index contributed by atoms with van der Waals surface area (Å²) in [6.07, 6.45) is 1.21. The summed E-state index contributed by atoms with van der Waals surface area (Å²) >= 11 is 0. The minimum atomic E-state index is -0.573. The predicted octanol–water partition coefficient (Wildman–Crippen LogP) is 4.31. The Balaban J connectivity index is 1.66. The largest absolute Gasteiger partial charge is 0.486 e. The minimum absolute atomic E-state index is 0.0144. The van der Waals surface area contributed by atoms with Gasteiger partial charge in [-0.3, -0.25) is 10.1 Å². The van der Waals surface area contributed by atoms with Crippen molar-refractivity contribution in [1.82, 2.24) is 9.97 Å². The molecule has 3 aromatic rings. The van der Waals surface area contributed by atoms with Gasteiger partial charge in [0.1, 0.15) is 25.3 Å². The van der Waals surface area contributed by atoms with Crippen molar-refractivity contribution in [3.8, 4) is 23.1 Å². The molecular formula is C20H18N4O5. The van der Waals surface area contributed by atoms with Crippen LogP contribution in [0.15, 0.2) is 42.7 Å². The van der Waals surface area contributed by atoms with Crippen LogP contribution in [0.3, 0.4) is 0 Å². The van der Waals surface area contributed by atoms with E-state index in [9.17, 15) is 10.1 Å². The topological polar surface area (TPSA) is 109 Å². The first-order valence-electron chi connectivity index (χ1n) is 8.92. The molecule has 9 nitrogen and oxygen atoms in total. The van der Waals surface area contributed by atoms with E-state index in [1.54, 1.807) is 30.3 Å². The van der Waals surface area contributed by atoms with Crippen molar-refractivity contribution >= 4 is 17.2 Å². The number of ether oxygens (including phenoxy) is 3. The molecule has 0 aliphatic carbocycles. The van der Waals surface area contributed by atoms with E-state index in [1.165, 1.54) is 6.33 Å². The monoisotopic (exact) mass is 394 g/mol. The van der Waals surface area contributed by atoms with Crippen LogP contribution in [-0.4, -0.2) is 28.1 Å². The lowest BCUT2D eigenvalue weighted by Crippen LogP contribution is -2.15. The van der Waals surface area contributed by atoms with Gasteiger partial charge < -0.3 is 19.5 Å². The van der Waals surface area contributed by atoms with E-state index in [-0.39, 0.29) is 17.4 Å². The summed E-state index contributed by atoms with van der Waals surface area (Å²) in [6.45, 7) is 4.83. The lowest BCUT2D eigenvalue weighted by Gasteiger charge is -2.19. The number of hydrogen-bond acceptors (Lipinski definition) is 8. The average molecular weight is 394 g/mol. The highest BCUT2D eigenvalue weighted by atomic mass is 16.6. The molecule has 29 heavy (non-hydrogen) atoms. The van der Waals surface area contributed by atoms with Gasteiger partial charge in [-0.2, -0.15) is 4.98 Å². The van der Waals surface area contributed by atoms with Crippen molar-refractivity contribution < 1.29 is 19.1 Å². The van der Waals surface area contributed by atoms with Gasteiger partial charge >= 0.3 is 11.6 Å². The molecule has 0 fully saturated rings. The molecule has 148 valence electrons. The number of nitrogens with zero attached hydrogens (tertiary/aromatic N) is 3. The van der Waals surface area contributed by atoms with E-state index in [4.69, 9.17) is 14.2 Å². The predicted molar refractivity (Wildman–Crippen MR) is 105 cm³/mol. The van der Waals surface area contributed by atoms with Crippen LogP contribution in [0.5, 0.6) is 23.1 Å². The summed E-state index contributed by atoms with van der Waals surface area (Å²) in [4.78, 5) is 19.2. The Morgan fingerprint density at radius 1 is 1.03 bits per heavy atom. The molecule has 1 N–H and O–H groups in total. The maximum absolute atomic E-state index is 11.7.